The number of rotatable bonds is 10. The molecule has 0 spiro atoms. The van der Waals surface area contributed by atoms with Gasteiger partial charge in [0.15, 0.2) is 11.5 Å². The average molecular weight is 393 g/mol. The van der Waals surface area contributed by atoms with Crippen molar-refractivity contribution in [2.24, 2.45) is 0 Å². The second kappa shape index (κ2) is 10.1. The molecule has 2 N–H and O–H groups in total. The molecule has 0 aliphatic heterocycles. The van der Waals surface area contributed by atoms with Crippen molar-refractivity contribution in [1.82, 2.24) is 14.7 Å². The third-order valence-corrected chi connectivity index (χ3v) is 4.41. The fourth-order valence-corrected chi connectivity index (χ4v) is 2.57. The molecule has 0 aliphatic rings. The van der Waals surface area contributed by atoms with Crippen LogP contribution in [0.3, 0.4) is 0 Å². The Morgan fingerprint density at radius 3 is 1.46 bits per heavy atom. The average Bonchev–Trinajstić information content (AvgIpc) is 2.66. The highest BCUT2D eigenvalue weighted by Gasteiger charge is 2.13. The van der Waals surface area contributed by atoms with Crippen molar-refractivity contribution in [3.63, 3.8) is 0 Å². The summed E-state index contributed by atoms with van der Waals surface area (Å²) < 4.78 is 10.4. The molecule has 0 saturated carbocycles. The van der Waals surface area contributed by atoms with Gasteiger partial charge in [0, 0.05) is 38.3 Å². The number of hydrogen-bond acceptors (Lipinski definition) is 9. The van der Waals surface area contributed by atoms with Gasteiger partial charge in [-0.1, -0.05) is 0 Å². The molecular formula is C19H27N3O6. The first-order chi connectivity index (χ1) is 13.3. The van der Waals surface area contributed by atoms with Crippen molar-refractivity contribution >= 4 is 0 Å². The van der Waals surface area contributed by atoms with Gasteiger partial charge in [-0.2, -0.15) is 0 Å². The van der Waals surface area contributed by atoms with E-state index in [1.54, 1.807) is 0 Å². The maximum absolute atomic E-state index is 11.4. The molecule has 0 aliphatic carbocycles. The summed E-state index contributed by atoms with van der Waals surface area (Å²) in [4.78, 5) is 28.9. The Bertz CT molecular complexity index is 807. The molecule has 0 radical (unpaired) electrons. The van der Waals surface area contributed by atoms with Crippen LogP contribution in [0.4, 0.5) is 0 Å². The summed E-state index contributed by atoms with van der Waals surface area (Å²) in [6, 6.07) is 2.37. The number of likely N-dealkylation sites (N-methyl/N-ethyl adjacent to an activating group) is 3. The van der Waals surface area contributed by atoms with E-state index in [4.69, 9.17) is 8.83 Å². The summed E-state index contributed by atoms with van der Waals surface area (Å²) in [5.74, 6) is -0.191. The Morgan fingerprint density at radius 1 is 0.714 bits per heavy atom. The lowest BCUT2D eigenvalue weighted by Crippen LogP contribution is -2.35. The third-order valence-electron chi connectivity index (χ3n) is 4.41. The molecule has 28 heavy (non-hydrogen) atoms. The van der Waals surface area contributed by atoms with Crippen LogP contribution < -0.4 is 10.9 Å². The zero-order valence-corrected chi connectivity index (χ0v) is 16.4. The number of aromatic hydroxyl groups is 2. The van der Waals surface area contributed by atoms with Crippen LogP contribution in [0.1, 0.15) is 11.5 Å². The zero-order chi connectivity index (χ0) is 20.7. The van der Waals surface area contributed by atoms with Crippen molar-refractivity contribution in [1.29, 1.82) is 0 Å². The predicted octanol–water partition coefficient (Wildman–Crippen LogP) is 0.500. The molecule has 9 heteroatoms. The quantitative estimate of drug-likeness (QED) is 0.596. The predicted molar refractivity (Wildman–Crippen MR) is 103 cm³/mol. The Hall–Kier alpha value is -2.62. The van der Waals surface area contributed by atoms with Crippen molar-refractivity contribution < 1.29 is 19.0 Å². The van der Waals surface area contributed by atoms with Gasteiger partial charge >= 0.3 is 0 Å². The van der Waals surface area contributed by atoms with Crippen molar-refractivity contribution in [2.75, 3.05) is 47.3 Å². The maximum atomic E-state index is 11.4. The van der Waals surface area contributed by atoms with Crippen LogP contribution in [-0.2, 0) is 13.1 Å². The third kappa shape index (κ3) is 6.22. The topological polar surface area (TPSA) is 111 Å². The second-order valence-electron chi connectivity index (χ2n) is 6.89. The van der Waals surface area contributed by atoms with Crippen LogP contribution >= 0.6 is 0 Å². The summed E-state index contributed by atoms with van der Waals surface area (Å²) in [5, 5.41) is 19.5. The van der Waals surface area contributed by atoms with E-state index >= 15 is 0 Å². The highest BCUT2D eigenvalue weighted by atomic mass is 16.4. The molecule has 9 nitrogen and oxygen atoms in total. The maximum Gasteiger partial charge on any atom is 0.226 e. The Kier molecular flexibility index (Phi) is 7.80. The molecule has 0 amide bonds. The highest BCUT2D eigenvalue weighted by Crippen LogP contribution is 2.13. The molecule has 0 aromatic carbocycles. The Labute approximate surface area is 163 Å². The van der Waals surface area contributed by atoms with Crippen LogP contribution in [0.5, 0.6) is 11.5 Å². The number of hydrogen-bond donors (Lipinski definition) is 2. The first kappa shape index (κ1) is 21.7. The van der Waals surface area contributed by atoms with Gasteiger partial charge in [0.25, 0.3) is 0 Å². The van der Waals surface area contributed by atoms with E-state index in [1.165, 1.54) is 24.7 Å². The fraction of sp³-hybridized carbons (Fsp3) is 0.474. The smallest absolute Gasteiger partial charge is 0.226 e. The van der Waals surface area contributed by atoms with Crippen LogP contribution in [-0.4, -0.2) is 72.2 Å². The van der Waals surface area contributed by atoms with E-state index < -0.39 is 10.9 Å². The first-order valence-corrected chi connectivity index (χ1v) is 8.93. The van der Waals surface area contributed by atoms with Crippen molar-refractivity contribution in [3.05, 3.63) is 56.6 Å². The van der Waals surface area contributed by atoms with Gasteiger partial charge in [-0.25, -0.2) is 0 Å². The van der Waals surface area contributed by atoms with Gasteiger partial charge in [-0.15, -0.1) is 0 Å². The minimum Gasteiger partial charge on any atom is -0.502 e. The van der Waals surface area contributed by atoms with E-state index in [-0.39, 0.29) is 23.0 Å². The fourth-order valence-electron chi connectivity index (χ4n) is 2.57. The molecule has 2 aromatic heterocycles. The molecule has 0 bridgehead atoms. The molecule has 2 aromatic rings. The molecule has 154 valence electrons. The number of nitrogens with zero attached hydrogens (tertiary/aromatic N) is 3. The lowest BCUT2D eigenvalue weighted by molar-refractivity contribution is 0.205. The van der Waals surface area contributed by atoms with E-state index in [2.05, 4.69) is 4.90 Å². The Balaban J connectivity index is 1.73. The minimum absolute atomic E-state index is 0.251. The normalized spacial score (nSPS) is 11.6. The van der Waals surface area contributed by atoms with Gasteiger partial charge in [0.1, 0.15) is 0 Å². The minimum atomic E-state index is -0.449. The largest absolute Gasteiger partial charge is 0.502 e. The molecule has 2 heterocycles. The monoisotopic (exact) mass is 393 g/mol. The van der Waals surface area contributed by atoms with Gasteiger partial charge in [0.05, 0.1) is 25.6 Å². The SMILES string of the molecule is CN(CCN(C)Cc1occc(=O)c1O)CCN(C)Cc1occc(=O)c1O. The van der Waals surface area contributed by atoms with E-state index in [0.717, 1.165) is 13.1 Å². The first-order valence-electron chi connectivity index (χ1n) is 8.93. The standard InChI is InChI=1S/C19H27N3O6/c1-20(6-8-21(2)12-16-18(25)14(23)4-10-27-16)7-9-22(3)13-17-19(26)15(24)5-11-28-17/h4-5,10-11,25-26H,6-9,12-13H2,1-3H3. The van der Waals surface area contributed by atoms with Crippen LogP contribution in [0.15, 0.2) is 43.1 Å². The zero-order valence-electron chi connectivity index (χ0n) is 16.4. The van der Waals surface area contributed by atoms with Gasteiger partial charge in [-0.05, 0) is 21.1 Å². The summed E-state index contributed by atoms with van der Waals surface area (Å²) >= 11 is 0. The van der Waals surface area contributed by atoms with Gasteiger partial charge in [0.2, 0.25) is 22.4 Å². The molecule has 0 unspecified atom stereocenters. The molecule has 0 atom stereocenters. The van der Waals surface area contributed by atoms with Crippen LogP contribution in [0.25, 0.3) is 0 Å². The lowest BCUT2D eigenvalue weighted by atomic mass is 10.3. The molecular weight excluding hydrogens is 366 g/mol. The van der Waals surface area contributed by atoms with Crippen molar-refractivity contribution in [3.8, 4) is 11.5 Å². The van der Waals surface area contributed by atoms with E-state index in [1.807, 2.05) is 30.9 Å². The van der Waals surface area contributed by atoms with E-state index in [0.29, 0.717) is 26.2 Å². The summed E-state index contributed by atoms with van der Waals surface area (Å²) in [6.45, 7) is 3.64. The Morgan fingerprint density at radius 2 is 1.07 bits per heavy atom. The molecule has 2 rings (SSSR count). The van der Waals surface area contributed by atoms with Crippen molar-refractivity contribution in [2.45, 2.75) is 13.1 Å². The van der Waals surface area contributed by atoms with Gasteiger partial charge < -0.3 is 23.9 Å². The summed E-state index contributed by atoms with van der Waals surface area (Å²) in [7, 11) is 5.75. The highest BCUT2D eigenvalue weighted by molar-refractivity contribution is 5.23. The van der Waals surface area contributed by atoms with Gasteiger partial charge in [-0.3, -0.25) is 19.4 Å². The summed E-state index contributed by atoms with van der Waals surface area (Å²) in [5.41, 5.74) is -0.898. The molecule has 0 saturated heterocycles. The van der Waals surface area contributed by atoms with E-state index in [9.17, 15) is 19.8 Å². The van der Waals surface area contributed by atoms with Crippen LogP contribution in [0, 0.1) is 0 Å². The lowest BCUT2D eigenvalue weighted by Gasteiger charge is -2.24. The second-order valence-corrected chi connectivity index (χ2v) is 6.89. The summed E-state index contributed by atoms with van der Waals surface area (Å²) in [6.07, 6.45) is 2.56. The molecule has 0 fully saturated rings. The van der Waals surface area contributed by atoms with Crippen LogP contribution in [0.2, 0.25) is 0 Å².